The van der Waals surface area contributed by atoms with Crippen LogP contribution >= 0.6 is 0 Å². The molecule has 2 aromatic carbocycles. The fourth-order valence-corrected chi connectivity index (χ4v) is 2.73. The highest BCUT2D eigenvalue weighted by molar-refractivity contribution is 5.89. The van der Waals surface area contributed by atoms with Gasteiger partial charge in [0.1, 0.15) is 0 Å². The van der Waals surface area contributed by atoms with Crippen molar-refractivity contribution in [3.63, 3.8) is 0 Å². The molecule has 0 bridgehead atoms. The van der Waals surface area contributed by atoms with Gasteiger partial charge < -0.3 is 21.1 Å². The van der Waals surface area contributed by atoms with E-state index in [0.717, 1.165) is 35.1 Å². The molecule has 0 aliphatic heterocycles. The molecule has 23 heavy (non-hydrogen) atoms. The predicted molar refractivity (Wildman–Crippen MR) is 88.0 cm³/mol. The first kappa shape index (κ1) is 16.8. The minimum Gasteiger partial charge on any atom is -0.504 e. The summed E-state index contributed by atoms with van der Waals surface area (Å²) in [6.45, 7) is 3.75. The zero-order chi connectivity index (χ0) is 17.1. The molecule has 0 amide bonds. The number of benzene rings is 2. The van der Waals surface area contributed by atoms with Crippen molar-refractivity contribution in [1.82, 2.24) is 0 Å². The molecule has 1 aliphatic carbocycles. The van der Waals surface area contributed by atoms with Gasteiger partial charge in [-0.1, -0.05) is 17.7 Å². The molecule has 0 aromatic heterocycles. The molecule has 0 unspecified atom stereocenters. The topological polar surface area (TPSA) is 104 Å². The van der Waals surface area contributed by atoms with E-state index in [9.17, 15) is 15.0 Å². The second-order valence-electron chi connectivity index (χ2n) is 5.90. The predicted octanol–water partition coefficient (Wildman–Crippen LogP) is 2.53. The summed E-state index contributed by atoms with van der Waals surface area (Å²) in [7, 11) is 0. The molecule has 122 valence electrons. The van der Waals surface area contributed by atoms with Crippen LogP contribution < -0.4 is 5.73 Å². The first-order valence-electron chi connectivity index (χ1n) is 7.37. The van der Waals surface area contributed by atoms with Crippen LogP contribution in [0.1, 0.15) is 32.6 Å². The molecule has 0 spiro atoms. The lowest BCUT2D eigenvalue weighted by Gasteiger charge is -2.01. The summed E-state index contributed by atoms with van der Waals surface area (Å²) < 4.78 is 0. The number of carboxylic acids is 1. The number of aromatic hydroxyl groups is 2. The smallest absolute Gasteiger partial charge is 0.335 e. The van der Waals surface area contributed by atoms with Gasteiger partial charge in [-0.3, -0.25) is 0 Å². The molecule has 2 aromatic rings. The lowest BCUT2D eigenvalue weighted by atomic mass is 10.1. The highest BCUT2D eigenvalue weighted by atomic mass is 16.4. The Morgan fingerprint density at radius 2 is 1.57 bits per heavy atom. The van der Waals surface area contributed by atoms with Crippen LogP contribution in [-0.2, 0) is 12.8 Å². The SMILES string of the molecule is Cc1ccc(C(=O)O)c(C)c1.NC1Cc2cc(O)c(O)cc2C1. The number of phenolic OH excluding ortho intramolecular Hbond substituents is 2. The van der Waals surface area contributed by atoms with E-state index < -0.39 is 5.97 Å². The summed E-state index contributed by atoms with van der Waals surface area (Å²) >= 11 is 0. The highest BCUT2D eigenvalue weighted by Crippen LogP contribution is 2.32. The number of hydrogen-bond donors (Lipinski definition) is 4. The third kappa shape index (κ3) is 4.02. The molecule has 5 heteroatoms. The summed E-state index contributed by atoms with van der Waals surface area (Å²) in [4.78, 5) is 10.5. The van der Waals surface area contributed by atoms with Gasteiger partial charge in [-0.2, -0.15) is 0 Å². The van der Waals surface area contributed by atoms with Gasteiger partial charge >= 0.3 is 5.97 Å². The average Bonchev–Trinajstić information content (AvgIpc) is 2.78. The minimum atomic E-state index is -0.859. The van der Waals surface area contributed by atoms with Crippen molar-refractivity contribution in [3.8, 4) is 11.5 Å². The van der Waals surface area contributed by atoms with Crippen molar-refractivity contribution < 1.29 is 20.1 Å². The Balaban J connectivity index is 0.000000168. The molecule has 0 saturated carbocycles. The summed E-state index contributed by atoms with van der Waals surface area (Å²) in [5.74, 6) is -0.965. The van der Waals surface area contributed by atoms with Crippen molar-refractivity contribution >= 4 is 5.97 Å². The number of carboxylic acid groups (broad SMARTS) is 1. The van der Waals surface area contributed by atoms with Crippen molar-refractivity contribution in [2.75, 3.05) is 0 Å². The lowest BCUT2D eigenvalue weighted by molar-refractivity contribution is 0.0696. The number of aryl methyl sites for hydroxylation is 2. The van der Waals surface area contributed by atoms with Crippen molar-refractivity contribution in [3.05, 3.63) is 58.1 Å². The van der Waals surface area contributed by atoms with Gasteiger partial charge in [0.2, 0.25) is 0 Å². The first-order valence-corrected chi connectivity index (χ1v) is 7.37. The normalized spacial score (nSPS) is 13.2. The lowest BCUT2D eigenvalue weighted by Crippen LogP contribution is -2.18. The van der Waals surface area contributed by atoms with E-state index in [1.165, 1.54) is 0 Å². The van der Waals surface area contributed by atoms with E-state index in [0.29, 0.717) is 5.56 Å². The zero-order valence-corrected chi connectivity index (χ0v) is 13.2. The van der Waals surface area contributed by atoms with E-state index in [1.54, 1.807) is 31.2 Å². The fourth-order valence-electron chi connectivity index (χ4n) is 2.73. The van der Waals surface area contributed by atoms with Crippen LogP contribution in [0.3, 0.4) is 0 Å². The van der Waals surface area contributed by atoms with E-state index in [-0.39, 0.29) is 17.5 Å². The molecule has 1 aliphatic rings. The first-order chi connectivity index (χ1) is 10.8. The molecule has 5 nitrogen and oxygen atoms in total. The van der Waals surface area contributed by atoms with Gasteiger partial charge in [-0.15, -0.1) is 0 Å². The van der Waals surface area contributed by atoms with Gasteiger partial charge in [0.15, 0.2) is 11.5 Å². The maximum absolute atomic E-state index is 10.5. The Bertz CT molecular complexity index is 709. The number of nitrogens with two attached hydrogens (primary N) is 1. The molecular weight excluding hydrogens is 294 g/mol. The Labute approximate surface area is 135 Å². The van der Waals surface area contributed by atoms with Gasteiger partial charge in [0.25, 0.3) is 0 Å². The Hall–Kier alpha value is -2.53. The Morgan fingerprint density at radius 3 is 2.00 bits per heavy atom. The van der Waals surface area contributed by atoms with Crippen molar-refractivity contribution in [1.29, 1.82) is 0 Å². The molecular formula is C18H21NO4. The zero-order valence-electron chi connectivity index (χ0n) is 13.2. The number of aromatic carboxylic acids is 1. The van der Waals surface area contributed by atoms with Gasteiger partial charge in [0, 0.05) is 6.04 Å². The molecule has 0 saturated heterocycles. The average molecular weight is 315 g/mol. The Morgan fingerprint density at radius 1 is 1.04 bits per heavy atom. The fraction of sp³-hybridized carbons (Fsp3) is 0.278. The molecule has 0 heterocycles. The van der Waals surface area contributed by atoms with Gasteiger partial charge in [-0.25, -0.2) is 4.79 Å². The second-order valence-corrected chi connectivity index (χ2v) is 5.90. The maximum Gasteiger partial charge on any atom is 0.335 e. The van der Waals surface area contributed by atoms with E-state index in [1.807, 2.05) is 13.0 Å². The summed E-state index contributed by atoms with van der Waals surface area (Å²) in [6.07, 6.45) is 1.59. The third-order valence-corrected chi connectivity index (χ3v) is 3.87. The number of hydrogen-bond acceptors (Lipinski definition) is 4. The van der Waals surface area contributed by atoms with E-state index in [2.05, 4.69) is 0 Å². The third-order valence-electron chi connectivity index (χ3n) is 3.87. The van der Waals surface area contributed by atoms with E-state index >= 15 is 0 Å². The summed E-state index contributed by atoms with van der Waals surface area (Å²) in [5, 5.41) is 27.0. The van der Waals surface area contributed by atoms with Crippen LogP contribution in [0.15, 0.2) is 30.3 Å². The van der Waals surface area contributed by atoms with Crippen molar-refractivity contribution in [2.45, 2.75) is 32.7 Å². The molecule has 0 atom stereocenters. The maximum atomic E-state index is 10.5. The van der Waals surface area contributed by atoms with Crippen LogP contribution in [0.5, 0.6) is 11.5 Å². The van der Waals surface area contributed by atoms with Gasteiger partial charge in [-0.05, 0) is 61.6 Å². The second kappa shape index (κ2) is 6.71. The standard InChI is InChI=1S/C9H11NO2.C9H10O2/c10-7-1-5-3-8(11)9(12)4-6(5)2-7;1-6-3-4-8(9(10)11)7(2)5-6/h3-4,7,11-12H,1-2,10H2;3-5H,1-2H3,(H,10,11). The summed E-state index contributed by atoms with van der Waals surface area (Å²) in [6, 6.07) is 8.63. The van der Waals surface area contributed by atoms with E-state index in [4.69, 9.17) is 10.8 Å². The van der Waals surface area contributed by atoms with Gasteiger partial charge in [0.05, 0.1) is 5.56 Å². The van der Waals surface area contributed by atoms with Crippen LogP contribution in [0.2, 0.25) is 0 Å². The van der Waals surface area contributed by atoms with Crippen molar-refractivity contribution in [2.24, 2.45) is 5.73 Å². The number of carbonyl (C=O) groups is 1. The molecule has 0 fully saturated rings. The molecule has 3 rings (SSSR count). The summed E-state index contributed by atoms with van der Waals surface area (Å²) in [5.41, 5.74) is 10.1. The highest BCUT2D eigenvalue weighted by Gasteiger charge is 2.19. The number of phenols is 2. The number of rotatable bonds is 1. The quantitative estimate of drug-likeness (QED) is 0.605. The van der Waals surface area contributed by atoms with Crippen LogP contribution in [-0.4, -0.2) is 27.3 Å². The van der Waals surface area contributed by atoms with Crippen LogP contribution in [0, 0.1) is 13.8 Å². The Kier molecular flexibility index (Phi) is 4.91. The van der Waals surface area contributed by atoms with Crippen LogP contribution in [0.25, 0.3) is 0 Å². The molecule has 0 radical (unpaired) electrons. The number of fused-ring (bicyclic) bond motifs is 1. The van der Waals surface area contributed by atoms with Crippen LogP contribution in [0.4, 0.5) is 0 Å². The minimum absolute atomic E-state index is 0.0529. The molecule has 5 N–H and O–H groups in total. The largest absolute Gasteiger partial charge is 0.504 e. The monoisotopic (exact) mass is 315 g/mol.